The van der Waals surface area contributed by atoms with Crippen LogP contribution in [-0.2, 0) is 9.59 Å². The summed E-state index contributed by atoms with van der Waals surface area (Å²) in [6, 6.07) is 4.17. The lowest BCUT2D eigenvalue weighted by Gasteiger charge is -2.27. The fourth-order valence-corrected chi connectivity index (χ4v) is 4.39. The van der Waals surface area contributed by atoms with Crippen molar-refractivity contribution in [2.24, 2.45) is 0 Å². The molecule has 3 heterocycles. The van der Waals surface area contributed by atoms with Gasteiger partial charge in [0, 0.05) is 44.8 Å². The second-order valence-corrected chi connectivity index (χ2v) is 8.29. The van der Waals surface area contributed by atoms with Crippen LogP contribution >= 0.6 is 0 Å². The third-order valence-corrected chi connectivity index (χ3v) is 6.13. The van der Waals surface area contributed by atoms with Crippen LogP contribution in [-0.4, -0.2) is 78.7 Å². The van der Waals surface area contributed by atoms with E-state index in [1.54, 1.807) is 18.2 Å². The molecule has 0 spiro atoms. The van der Waals surface area contributed by atoms with Gasteiger partial charge in [-0.1, -0.05) is 6.42 Å². The lowest BCUT2D eigenvalue weighted by molar-refractivity contribution is -0.136. The van der Waals surface area contributed by atoms with Crippen molar-refractivity contribution in [1.29, 1.82) is 0 Å². The molecule has 4 rings (SSSR count). The molecule has 0 aliphatic carbocycles. The van der Waals surface area contributed by atoms with Crippen LogP contribution in [0.3, 0.4) is 0 Å². The number of anilines is 1. The van der Waals surface area contributed by atoms with E-state index in [2.05, 4.69) is 20.9 Å². The van der Waals surface area contributed by atoms with E-state index < -0.39 is 23.8 Å². The van der Waals surface area contributed by atoms with Crippen LogP contribution < -0.4 is 16.0 Å². The molecule has 9 nitrogen and oxygen atoms in total. The van der Waals surface area contributed by atoms with Gasteiger partial charge >= 0.3 is 0 Å². The van der Waals surface area contributed by atoms with Crippen LogP contribution in [0.5, 0.6) is 0 Å². The maximum absolute atomic E-state index is 12.9. The zero-order chi connectivity index (χ0) is 21.8. The van der Waals surface area contributed by atoms with E-state index in [4.69, 9.17) is 0 Å². The van der Waals surface area contributed by atoms with Gasteiger partial charge in [-0.2, -0.15) is 0 Å². The number of nitrogens with one attached hydrogen (secondary N) is 3. The van der Waals surface area contributed by atoms with Crippen molar-refractivity contribution in [3.8, 4) is 0 Å². The molecule has 1 unspecified atom stereocenters. The first-order valence-electron chi connectivity index (χ1n) is 11.1. The van der Waals surface area contributed by atoms with Gasteiger partial charge < -0.3 is 15.5 Å². The monoisotopic (exact) mass is 427 g/mol. The second kappa shape index (κ2) is 9.57. The molecule has 3 aliphatic rings. The molecular formula is C22H29N5O4. The van der Waals surface area contributed by atoms with Gasteiger partial charge in [-0.3, -0.25) is 29.4 Å². The number of nitrogens with zero attached hydrogens (tertiary/aromatic N) is 2. The van der Waals surface area contributed by atoms with Crippen LogP contribution in [0.2, 0.25) is 0 Å². The number of rotatable bonds is 8. The van der Waals surface area contributed by atoms with Crippen LogP contribution in [0.25, 0.3) is 0 Å². The van der Waals surface area contributed by atoms with Crippen molar-refractivity contribution >= 4 is 29.3 Å². The number of benzene rings is 1. The molecule has 0 radical (unpaired) electrons. The average molecular weight is 428 g/mol. The smallest absolute Gasteiger partial charge is 0.262 e. The maximum atomic E-state index is 12.9. The molecule has 0 bridgehead atoms. The summed E-state index contributed by atoms with van der Waals surface area (Å²) in [7, 11) is 0. The lowest BCUT2D eigenvalue weighted by atomic mass is 10.0. The zero-order valence-corrected chi connectivity index (χ0v) is 17.6. The predicted molar refractivity (Wildman–Crippen MR) is 115 cm³/mol. The fourth-order valence-electron chi connectivity index (χ4n) is 4.39. The molecular weight excluding hydrogens is 398 g/mol. The van der Waals surface area contributed by atoms with Gasteiger partial charge in [0.05, 0.1) is 11.1 Å². The third kappa shape index (κ3) is 4.77. The highest BCUT2D eigenvalue weighted by Crippen LogP contribution is 2.29. The highest BCUT2D eigenvalue weighted by atomic mass is 16.2. The molecule has 3 N–H and O–H groups in total. The van der Waals surface area contributed by atoms with E-state index in [1.807, 2.05) is 0 Å². The number of piperidine rings is 1. The normalized spacial score (nSPS) is 21.9. The maximum Gasteiger partial charge on any atom is 0.262 e. The Morgan fingerprint density at radius 2 is 1.74 bits per heavy atom. The highest BCUT2D eigenvalue weighted by Gasteiger charge is 2.44. The molecule has 166 valence electrons. The minimum Gasteiger partial charge on any atom is -0.385 e. The lowest BCUT2D eigenvalue weighted by Crippen LogP contribution is -2.54. The van der Waals surface area contributed by atoms with E-state index in [0.29, 0.717) is 11.1 Å². The van der Waals surface area contributed by atoms with Gasteiger partial charge in [0.15, 0.2) is 0 Å². The first-order chi connectivity index (χ1) is 15.0. The molecule has 31 heavy (non-hydrogen) atoms. The van der Waals surface area contributed by atoms with Crippen LogP contribution in [0.15, 0.2) is 18.2 Å². The Kier molecular flexibility index (Phi) is 6.62. The minimum absolute atomic E-state index is 0.116. The molecule has 0 aromatic heterocycles. The second-order valence-electron chi connectivity index (χ2n) is 8.29. The quantitative estimate of drug-likeness (QED) is 0.411. The summed E-state index contributed by atoms with van der Waals surface area (Å²) >= 11 is 0. The van der Waals surface area contributed by atoms with Gasteiger partial charge in [-0.05, 0) is 44.0 Å². The van der Waals surface area contributed by atoms with E-state index in [0.717, 1.165) is 62.7 Å². The molecule has 0 saturated carbocycles. The minimum atomic E-state index is -0.933. The highest BCUT2D eigenvalue weighted by molar-refractivity contribution is 6.23. The number of piperazine rings is 1. The summed E-state index contributed by atoms with van der Waals surface area (Å²) in [4.78, 5) is 52.6. The Hall–Kier alpha value is -2.78. The molecule has 9 heteroatoms. The SMILES string of the molecule is O=C1CCC(N2C(=O)c3ccc(NCCCCCN4CCNCC4)cc3C2=O)C(=O)N1. The fraction of sp³-hybridized carbons (Fsp3) is 0.545. The zero-order valence-electron chi connectivity index (χ0n) is 17.6. The Morgan fingerprint density at radius 1 is 0.968 bits per heavy atom. The average Bonchev–Trinajstić information content (AvgIpc) is 3.01. The number of hydrogen-bond acceptors (Lipinski definition) is 7. The summed E-state index contributed by atoms with van der Waals surface area (Å²) in [5.74, 6) is -1.93. The number of fused-ring (bicyclic) bond motifs is 1. The predicted octanol–water partition coefficient (Wildman–Crippen LogP) is 0.575. The summed E-state index contributed by atoms with van der Waals surface area (Å²) in [6.07, 6.45) is 3.60. The van der Waals surface area contributed by atoms with Crippen LogP contribution in [0.1, 0.15) is 52.8 Å². The van der Waals surface area contributed by atoms with Crippen molar-refractivity contribution in [2.45, 2.75) is 38.1 Å². The Balaban J connectivity index is 1.28. The topological polar surface area (TPSA) is 111 Å². The van der Waals surface area contributed by atoms with Crippen molar-refractivity contribution in [2.75, 3.05) is 44.6 Å². The van der Waals surface area contributed by atoms with Crippen LogP contribution in [0, 0.1) is 0 Å². The van der Waals surface area contributed by atoms with E-state index in [9.17, 15) is 19.2 Å². The van der Waals surface area contributed by atoms with Crippen molar-refractivity contribution in [3.63, 3.8) is 0 Å². The van der Waals surface area contributed by atoms with E-state index >= 15 is 0 Å². The molecule has 2 saturated heterocycles. The molecule has 4 amide bonds. The molecule has 1 aromatic carbocycles. The molecule has 2 fully saturated rings. The number of carbonyl (C=O) groups is 4. The number of unbranched alkanes of at least 4 members (excludes halogenated alkanes) is 2. The van der Waals surface area contributed by atoms with Gasteiger partial charge in [0.25, 0.3) is 11.8 Å². The van der Waals surface area contributed by atoms with Gasteiger partial charge in [0.2, 0.25) is 11.8 Å². The Bertz CT molecular complexity index is 881. The number of hydrogen-bond donors (Lipinski definition) is 3. The molecule has 1 aromatic rings. The van der Waals surface area contributed by atoms with Gasteiger partial charge in [-0.15, -0.1) is 0 Å². The largest absolute Gasteiger partial charge is 0.385 e. The first-order valence-corrected chi connectivity index (χ1v) is 11.1. The van der Waals surface area contributed by atoms with Crippen molar-refractivity contribution in [1.82, 2.24) is 20.4 Å². The van der Waals surface area contributed by atoms with Crippen molar-refractivity contribution < 1.29 is 19.2 Å². The van der Waals surface area contributed by atoms with Crippen LogP contribution in [0.4, 0.5) is 5.69 Å². The van der Waals surface area contributed by atoms with Gasteiger partial charge in [-0.25, -0.2) is 0 Å². The standard InChI is InChI=1S/C22H29N5O4/c28-19-7-6-18(20(29)25-19)27-21(30)16-5-4-15(14-17(16)22(27)31)24-8-2-1-3-11-26-12-9-23-10-13-26/h4-5,14,18,23-24H,1-3,6-13H2,(H,25,28,29). The molecule has 3 aliphatic heterocycles. The summed E-state index contributed by atoms with van der Waals surface area (Å²) in [5, 5.41) is 8.90. The number of imide groups is 2. The van der Waals surface area contributed by atoms with Crippen molar-refractivity contribution in [3.05, 3.63) is 29.3 Å². The summed E-state index contributed by atoms with van der Waals surface area (Å²) in [5.41, 5.74) is 1.39. The Morgan fingerprint density at radius 3 is 2.52 bits per heavy atom. The first kappa shape index (κ1) is 21.5. The summed E-state index contributed by atoms with van der Waals surface area (Å²) in [6.45, 7) is 6.31. The van der Waals surface area contributed by atoms with Gasteiger partial charge in [0.1, 0.15) is 6.04 Å². The number of amides is 4. The van der Waals surface area contributed by atoms with E-state index in [1.165, 1.54) is 6.42 Å². The Labute approximate surface area is 181 Å². The number of carbonyl (C=O) groups excluding carboxylic acids is 4. The third-order valence-electron chi connectivity index (χ3n) is 6.13. The summed E-state index contributed by atoms with van der Waals surface area (Å²) < 4.78 is 0. The van der Waals surface area contributed by atoms with E-state index in [-0.39, 0.29) is 18.7 Å². The molecule has 1 atom stereocenters.